The molecule has 2 rings (SSSR count). The number of aliphatic imine (C=N–C) groups is 1. The van der Waals surface area contributed by atoms with Gasteiger partial charge < -0.3 is 20.5 Å². The Bertz CT molecular complexity index is 829. The van der Waals surface area contributed by atoms with Crippen molar-refractivity contribution in [3.05, 3.63) is 52.4 Å². The Hall–Kier alpha value is -2.10. The number of hydrogen-bond acceptors (Lipinski definition) is 4. The van der Waals surface area contributed by atoms with E-state index in [2.05, 4.69) is 46.9 Å². The summed E-state index contributed by atoms with van der Waals surface area (Å²) in [5.41, 5.74) is 3.73. The second kappa shape index (κ2) is 14.1. The van der Waals surface area contributed by atoms with Gasteiger partial charge in [0, 0.05) is 36.7 Å². The maximum atomic E-state index is 12.4. The van der Waals surface area contributed by atoms with Crippen LogP contribution in [-0.4, -0.2) is 29.6 Å². The predicted octanol–water partition coefficient (Wildman–Crippen LogP) is 4.20. The van der Waals surface area contributed by atoms with E-state index in [-0.39, 0.29) is 35.9 Å². The number of aryl methyl sites for hydroxylation is 2. The van der Waals surface area contributed by atoms with Crippen molar-refractivity contribution in [2.24, 2.45) is 4.99 Å². The Kier molecular flexibility index (Phi) is 12.2. The largest absolute Gasteiger partial charge is 0.361 e. The summed E-state index contributed by atoms with van der Waals surface area (Å²) < 4.78 is 5.44. The molecule has 1 unspecified atom stereocenters. The van der Waals surface area contributed by atoms with Gasteiger partial charge in [-0.3, -0.25) is 4.79 Å². The molecule has 7 nitrogen and oxygen atoms in total. The van der Waals surface area contributed by atoms with E-state index in [0.717, 1.165) is 54.3 Å². The number of hydrogen-bond donors (Lipinski definition) is 3. The summed E-state index contributed by atoms with van der Waals surface area (Å²) >= 11 is 0. The number of amides is 1. The van der Waals surface area contributed by atoms with Gasteiger partial charge >= 0.3 is 0 Å². The number of carbonyl (C=O) groups excluding carboxylic acids is 1. The number of aromatic nitrogens is 1. The summed E-state index contributed by atoms with van der Waals surface area (Å²) in [5, 5.41) is 13.8. The first-order valence-electron chi connectivity index (χ1n) is 10.9. The highest BCUT2D eigenvalue weighted by molar-refractivity contribution is 14.0. The topological polar surface area (TPSA) is 91.5 Å². The smallest absolute Gasteiger partial charge is 0.251 e. The highest BCUT2D eigenvalue weighted by Gasteiger charge is 2.14. The SMILES string of the molecule is CCNC(=NCc1cccc(C(=O)NC(C)CC)c1)NCc1c(CC)noc1CC.I. The molecule has 0 aliphatic heterocycles. The van der Waals surface area contributed by atoms with Crippen LogP contribution in [-0.2, 0) is 25.9 Å². The van der Waals surface area contributed by atoms with E-state index in [9.17, 15) is 4.79 Å². The lowest BCUT2D eigenvalue weighted by Gasteiger charge is -2.13. The highest BCUT2D eigenvalue weighted by atomic mass is 127. The van der Waals surface area contributed by atoms with Gasteiger partial charge in [0.15, 0.2) is 5.96 Å². The summed E-state index contributed by atoms with van der Waals surface area (Å²) in [6, 6.07) is 7.77. The molecule has 1 amide bonds. The van der Waals surface area contributed by atoms with Gasteiger partial charge in [0.2, 0.25) is 0 Å². The first-order chi connectivity index (χ1) is 14.5. The minimum Gasteiger partial charge on any atom is -0.361 e. The summed E-state index contributed by atoms with van der Waals surface area (Å²) in [6.07, 6.45) is 2.54. The summed E-state index contributed by atoms with van der Waals surface area (Å²) in [6.45, 7) is 12.1. The van der Waals surface area contributed by atoms with Crippen LogP contribution in [0.1, 0.15) is 74.0 Å². The fourth-order valence-corrected chi connectivity index (χ4v) is 3.04. The lowest BCUT2D eigenvalue weighted by atomic mass is 10.1. The zero-order valence-corrected chi connectivity index (χ0v) is 21.6. The lowest BCUT2D eigenvalue weighted by Crippen LogP contribution is -2.37. The van der Waals surface area contributed by atoms with Gasteiger partial charge in [0.05, 0.1) is 12.2 Å². The van der Waals surface area contributed by atoms with Gasteiger partial charge in [0.25, 0.3) is 5.91 Å². The van der Waals surface area contributed by atoms with E-state index in [1.807, 2.05) is 38.1 Å². The van der Waals surface area contributed by atoms with Crippen LogP contribution in [0.3, 0.4) is 0 Å². The van der Waals surface area contributed by atoms with Crippen molar-refractivity contribution in [3.63, 3.8) is 0 Å². The van der Waals surface area contributed by atoms with Crippen LogP contribution >= 0.6 is 24.0 Å². The third kappa shape index (κ3) is 8.16. The minimum absolute atomic E-state index is 0. The molecule has 0 radical (unpaired) electrons. The van der Waals surface area contributed by atoms with Crippen molar-refractivity contribution < 1.29 is 9.32 Å². The Labute approximate surface area is 202 Å². The Balaban J connectivity index is 0.00000480. The van der Waals surface area contributed by atoms with Crippen LogP contribution in [0.2, 0.25) is 0 Å². The van der Waals surface area contributed by atoms with Gasteiger partial charge in [-0.05, 0) is 44.4 Å². The standard InChI is InChI=1S/C23H35N5O2.HI/c1-6-16(5)27-22(29)18-12-10-11-17(13-18)14-25-23(24-9-4)26-15-19-20(7-2)28-30-21(19)8-3;/h10-13,16H,6-9,14-15H2,1-5H3,(H,27,29)(H2,24,25,26);1H. The van der Waals surface area contributed by atoms with Crippen molar-refractivity contribution in [2.45, 2.75) is 73.0 Å². The average Bonchev–Trinajstić information content (AvgIpc) is 3.17. The predicted molar refractivity (Wildman–Crippen MR) is 136 cm³/mol. The normalized spacial score (nSPS) is 12.1. The van der Waals surface area contributed by atoms with E-state index >= 15 is 0 Å². The van der Waals surface area contributed by atoms with Gasteiger partial charge in [-0.2, -0.15) is 0 Å². The van der Waals surface area contributed by atoms with Crippen molar-refractivity contribution in [1.29, 1.82) is 0 Å². The molecule has 172 valence electrons. The molecule has 0 fully saturated rings. The molecule has 31 heavy (non-hydrogen) atoms. The number of benzene rings is 1. The van der Waals surface area contributed by atoms with Crippen molar-refractivity contribution >= 4 is 35.8 Å². The van der Waals surface area contributed by atoms with Gasteiger partial charge in [0.1, 0.15) is 5.76 Å². The zero-order chi connectivity index (χ0) is 21.9. The number of nitrogens with zero attached hydrogens (tertiary/aromatic N) is 2. The quantitative estimate of drug-likeness (QED) is 0.238. The van der Waals surface area contributed by atoms with Gasteiger partial charge in [-0.15, -0.1) is 24.0 Å². The maximum absolute atomic E-state index is 12.4. The molecule has 2 aromatic rings. The van der Waals surface area contributed by atoms with Crippen LogP contribution in [0.15, 0.2) is 33.8 Å². The second-order valence-electron chi connectivity index (χ2n) is 7.27. The summed E-state index contributed by atoms with van der Waals surface area (Å²) in [7, 11) is 0. The molecule has 0 spiro atoms. The number of rotatable bonds is 10. The Morgan fingerprint density at radius 3 is 2.58 bits per heavy atom. The Morgan fingerprint density at radius 2 is 1.94 bits per heavy atom. The Morgan fingerprint density at radius 1 is 1.16 bits per heavy atom. The van der Waals surface area contributed by atoms with E-state index < -0.39 is 0 Å². The molecule has 1 heterocycles. The zero-order valence-electron chi connectivity index (χ0n) is 19.2. The second-order valence-corrected chi connectivity index (χ2v) is 7.27. The van der Waals surface area contributed by atoms with E-state index in [4.69, 9.17) is 4.52 Å². The average molecular weight is 541 g/mol. The van der Waals surface area contributed by atoms with Crippen molar-refractivity contribution in [2.75, 3.05) is 6.54 Å². The van der Waals surface area contributed by atoms with Crippen LogP contribution in [0.5, 0.6) is 0 Å². The van der Waals surface area contributed by atoms with E-state index in [1.54, 1.807) is 0 Å². The molecule has 0 bridgehead atoms. The number of guanidine groups is 1. The van der Waals surface area contributed by atoms with Crippen LogP contribution in [0.25, 0.3) is 0 Å². The number of carbonyl (C=O) groups is 1. The molecule has 8 heteroatoms. The fourth-order valence-electron chi connectivity index (χ4n) is 3.04. The van der Waals surface area contributed by atoms with Crippen LogP contribution < -0.4 is 16.0 Å². The van der Waals surface area contributed by atoms with Gasteiger partial charge in [-0.25, -0.2) is 4.99 Å². The molecule has 0 aliphatic rings. The monoisotopic (exact) mass is 541 g/mol. The third-order valence-electron chi connectivity index (χ3n) is 4.98. The molecule has 1 aromatic carbocycles. The molecule has 1 aromatic heterocycles. The number of nitrogens with one attached hydrogen (secondary N) is 3. The summed E-state index contributed by atoms with van der Waals surface area (Å²) in [4.78, 5) is 17.1. The molecule has 1 atom stereocenters. The lowest BCUT2D eigenvalue weighted by molar-refractivity contribution is 0.0939. The minimum atomic E-state index is -0.0492. The van der Waals surface area contributed by atoms with Crippen LogP contribution in [0.4, 0.5) is 0 Å². The first-order valence-corrected chi connectivity index (χ1v) is 10.9. The molecular weight excluding hydrogens is 505 g/mol. The molecule has 0 saturated carbocycles. The molecule has 0 aliphatic carbocycles. The summed E-state index contributed by atoms with van der Waals surface area (Å²) in [5.74, 6) is 1.58. The molecule has 0 saturated heterocycles. The van der Waals surface area contributed by atoms with E-state index in [0.29, 0.717) is 18.7 Å². The third-order valence-corrected chi connectivity index (χ3v) is 4.98. The molecule has 3 N–H and O–H groups in total. The highest BCUT2D eigenvalue weighted by Crippen LogP contribution is 2.15. The number of halogens is 1. The fraction of sp³-hybridized carbons (Fsp3) is 0.522. The molecular formula is C23H36IN5O2. The van der Waals surface area contributed by atoms with Crippen molar-refractivity contribution in [1.82, 2.24) is 21.1 Å². The maximum Gasteiger partial charge on any atom is 0.251 e. The van der Waals surface area contributed by atoms with Crippen molar-refractivity contribution in [3.8, 4) is 0 Å². The first kappa shape index (κ1) is 26.9. The van der Waals surface area contributed by atoms with Crippen LogP contribution in [0, 0.1) is 0 Å². The van der Waals surface area contributed by atoms with E-state index in [1.165, 1.54) is 0 Å². The van der Waals surface area contributed by atoms with Gasteiger partial charge in [-0.1, -0.05) is 38.1 Å².